The molecule has 652 valence electrons. The Morgan fingerprint density at radius 1 is 0.386 bits per heavy atom. The third-order valence-electron chi connectivity index (χ3n) is 25.1. The van der Waals surface area contributed by atoms with Crippen molar-refractivity contribution in [3.05, 3.63) is 265 Å². The Labute approximate surface area is 746 Å². The first-order chi connectivity index (χ1) is 61.6. The molecular weight excluding hydrogens is 1580 g/mol. The maximum absolute atomic E-state index is 13.5. The van der Waals surface area contributed by atoms with Gasteiger partial charge in [-0.25, -0.2) is 19.4 Å². The normalized spacial score (nSPS) is 15.1. The number of carbonyl (C=O) groups is 6. The maximum atomic E-state index is 13.5. The molecule has 0 amide bonds. The lowest BCUT2D eigenvalue weighted by Gasteiger charge is -2.32. The summed E-state index contributed by atoms with van der Waals surface area (Å²) in [5.41, 5.74) is 22.7. The van der Waals surface area contributed by atoms with Gasteiger partial charge in [0.1, 0.15) is 5.78 Å². The number of hydrogen-bond donors (Lipinski definition) is 0. The van der Waals surface area contributed by atoms with Crippen LogP contribution in [0.3, 0.4) is 0 Å². The number of fused-ring (bicyclic) bond motifs is 4. The van der Waals surface area contributed by atoms with Crippen LogP contribution in [0.1, 0.15) is 229 Å². The highest BCUT2D eigenvalue weighted by Gasteiger charge is 2.31. The molecule has 0 spiro atoms. The van der Waals surface area contributed by atoms with Crippen LogP contribution in [0.4, 0.5) is 22.7 Å². The first kappa shape index (κ1) is 91.9. The van der Waals surface area contributed by atoms with Crippen LogP contribution < -0.4 is 0 Å². The fourth-order valence-electron chi connectivity index (χ4n) is 18.2. The number of rotatable bonds is 27. The summed E-state index contributed by atoms with van der Waals surface area (Å²) in [6.07, 6.45) is 30.9. The van der Waals surface area contributed by atoms with E-state index in [4.69, 9.17) is 36.3 Å². The van der Waals surface area contributed by atoms with Crippen LogP contribution in [0.25, 0.3) is 92.3 Å². The molecule has 1 atom stereocenters. The molecule has 0 N–H and O–H groups in total. The van der Waals surface area contributed by atoms with E-state index in [1.807, 2.05) is 144 Å². The zero-order valence-electron chi connectivity index (χ0n) is 75.1. The summed E-state index contributed by atoms with van der Waals surface area (Å²) in [6, 6.07) is 38.4. The molecule has 16 rings (SSSR count). The van der Waals surface area contributed by atoms with E-state index in [-0.39, 0.29) is 34.7 Å². The molecule has 12 aromatic rings. The predicted octanol–water partition coefficient (Wildman–Crippen LogP) is 22.7. The Kier molecular flexibility index (Phi) is 31.4. The SMILES string of the molecule is [C-]#[N+]c1ccc(-n2c(C)c(C(=O)CN3CCCCC3)c3ncc(/C=C/C(=O)CCCC)cc32)cc1.[C-]#[N+]c1ccc(-n2c(C)c(C(=O)CN3CCCCC3)c3ncc(C)cc32)cc1.[C-]#[N+]c1ccc(-n2c(C)c(C(=O)CN3CCCCC3)c3ncc(CCC(=O)CCCC)cc32)cc1.[C-]#[N+]c1ccc(-n2c(C)c(C(=O)CN3CCCC[C@H]3C)c3ncc(C)cc32)cc1. The van der Waals surface area contributed by atoms with E-state index in [0.29, 0.717) is 108 Å². The van der Waals surface area contributed by atoms with Crippen LogP contribution in [0.5, 0.6) is 0 Å². The summed E-state index contributed by atoms with van der Waals surface area (Å²) in [5, 5.41) is 0. The van der Waals surface area contributed by atoms with Gasteiger partial charge in [0.2, 0.25) is 0 Å². The van der Waals surface area contributed by atoms with E-state index < -0.39 is 0 Å². The standard InChI is InChI=1S/C29H34N4O2.C29H32N4O2.C24H26N4O.C23H24N4O/c2*1-4-5-9-25(34)15-10-22-18-26-29(31-19-22)28(27(35)20-32-16-7-6-8-17-32)21(2)33(26)24-13-11-23(30-3)12-14-24;1-16-13-21-24(26-14-16)23(22(29)15-27-12-6-5-7-17(27)2)18(3)28(21)20-10-8-19(25-4)9-11-20;1-16-13-20-23(25-14-16)22(21(28)15-26-11-5-4-6-12-26)17(2)27(20)19-9-7-18(24-3)8-10-19/h11-14,18-19H,4-10,15-17,20H2,1-2H3;10-15,18-19H,4-9,16-17,20H2,1-2H3;8-11,13-14,17H,5-7,12,15H2,1-3H3;7-10,13-14H,4-6,11-12,15H2,1-2H3/b;15-10+;;/t;;17-;/m..1./s1. The quantitative estimate of drug-likeness (QED) is 0.0267. The zero-order valence-corrected chi connectivity index (χ0v) is 75.1. The summed E-state index contributed by atoms with van der Waals surface area (Å²) in [4.78, 5) is 120. The largest absolute Gasteiger partial charge is 0.312 e. The first-order valence-corrected chi connectivity index (χ1v) is 45.2. The molecule has 0 aliphatic carbocycles. The van der Waals surface area contributed by atoms with Crippen molar-refractivity contribution in [3.63, 3.8) is 0 Å². The van der Waals surface area contributed by atoms with Gasteiger partial charge in [0.15, 0.2) is 51.7 Å². The second-order valence-corrected chi connectivity index (χ2v) is 34.4. The molecule has 12 heterocycles. The van der Waals surface area contributed by atoms with Crippen molar-refractivity contribution in [1.82, 2.24) is 57.8 Å². The van der Waals surface area contributed by atoms with E-state index in [9.17, 15) is 28.8 Å². The van der Waals surface area contributed by atoms with Gasteiger partial charge in [-0.15, -0.1) is 0 Å². The Morgan fingerprint density at radius 2 is 0.717 bits per heavy atom. The number of ketones is 6. The van der Waals surface area contributed by atoms with Gasteiger partial charge in [0.05, 0.1) is 119 Å². The molecule has 4 fully saturated rings. The van der Waals surface area contributed by atoms with Crippen LogP contribution in [0.15, 0.2) is 152 Å². The molecule has 0 saturated carbocycles. The second-order valence-electron chi connectivity index (χ2n) is 34.4. The maximum Gasteiger partial charge on any atom is 0.187 e. The van der Waals surface area contributed by atoms with Crippen molar-refractivity contribution in [2.24, 2.45) is 0 Å². The van der Waals surface area contributed by atoms with Gasteiger partial charge in [-0.2, -0.15) is 0 Å². The van der Waals surface area contributed by atoms with Crippen LogP contribution in [-0.2, 0) is 16.0 Å². The Balaban J connectivity index is 0.000000146. The van der Waals surface area contributed by atoms with Crippen molar-refractivity contribution in [1.29, 1.82) is 0 Å². The predicted molar refractivity (Wildman–Crippen MR) is 507 cm³/mol. The first-order valence-electron chi connectivity index (χ1n) is 45.2. The summed E-state index contributed by atoms with van der Waals surface area (Å²) < 4.78 is 8.29. The minimum atomic E-state index is 0.0801. The van der Waals surface area contributed by atoms with Gasteiger partial charge < -0.3 is 18.3 Å². The molecule has 4 aliphatic rings. The molecule has 4 aliphatic heterocycles. The molecule has 0 unspecified atom stereocenters. The highest BCUT2D eigenvalue weighted by Crippen LogP contribution is 2.37. The molecule has 22 nitrogen and oxygen atoms in total. The fraction of sp³-hybridized carbons (Fsp3) is 0.390. The Morgan fingerprint density at radius 3 is 1.08 bits per heavy atom. The molecule has 0 radical (unpaired) electrons. The summed E-state index contributed by atoms with van der Waals surface area (Å²) in [5.74, 6) is 0.833. The number of aromatic nitrogens is 8. The fourth-order valence-corrected chi connectivity index (χ4v) is 18.2. The van der Waals surface area contributed by atoms with Gasteiger partial charge >= 0.3 is 0 Å². The minimum Gasteiger partial charge on any atom is -0.312 e. The van der Waals surface area contributed by atoms with E-state index in [1.54, 1.807) is 42.6 Å². The summed E-state index contributed by atoms with van der Waals surface area (Å²) in [7, 11) is 0. The average Bonchev–Trinajstić information content (AvgIpc) is 1.62. The molecule has 8 aromatic heterocycles. The number of benzene rings is 4. The minimum absolute atomic E-state index is 0.0801. The van der Waals surface area contributed by atoms with Crippen LogP contribution >= 0.6 is 0 Å². The number of unbranched alkanes of at least 4 members (excludes halogenated alkanes) is 2. The number of Topliss-reactive ketones (excluding diaryl/α,β-unsaturated/α-hetero) is 5. The molecule has 4 saturated heterocycles. The Bertz CT molecular complexity index is 6210. The third kappa shape index (κ3) is 22.0. The lowest BCUT2D eigenvalue weighted by molar-refractivity contribution is -0.119. The van der Waals surface area contributed by atoms with Crippen molar-refractivity contribution in [3.8, 4) is 22.7 Å². The topological polar surface area (TPSA) is 204 Å². The van der Waals surface area contributed by atoms with Gasteiger partial charge in [0, 0.05) is 95.6 Å². The van der Waals surface area contributed by atoms with E-state index in [0.717, 1.165) is 216 Å². The van der Waals surface area contributed by atoms with Gasteiger partial charge in [-0.3, -0.25) is 68.3 Å². The number of aryl methyl sites for hydroxylation is 3. The monoisotopic (exact) mass is 1700 g/mol. The number of nitrogens with zero attached hydrogens (tertiary/aromatic N) is 16. The van der Waals surface area contributed by atoms with Gasteiger partial charge in [0.25, 0.3) is 0 Å². The molecule has 127 heavy (non-hydrogen) atoms. The lowest BCUT2D eigenvalue weighted by Crippen LogP contribution is -2.40. The van der Waals surface area contributed by atoms with E-state index in [1.165, 1.54) is 38.5 Å². The molecule has 0 bridgehead atoms. The number of pyridine rings is 4. The van der Waals surface area contributed by atoms with Crippen molar-refractivity contribution in [2.75, 3.05) is 72.0 Å². The molecular formula is C105H116N16O6. The van der Waals surface area contributed by atoms with Crippen molar-refractivity contribution < 1.29 is 28.8 Å². The summed E-state index contributed by atoms with van der Waals surface area (Å²) in [6.45, 7) is 55.7. The smallest absolute Gasteiger partial charge is 0.187 e. The second kappa shape index (κ2) is 43.4. The number of allylic oxidation sites excluding steroid dienone is 1. The summed E-state index contributed by atoms with van der Waals surface area (Å²) >= 11 is 0. The van der Waals surface area contributed by atoms with Crippen molar-refractivity contribution >= 4 is 108 Å². The molecule has 4 aromatic carbocycles. The zero-order chi connectivity index (χ0) is 89.8. The van der Waals surface area contributed by atoms with Crippen LogP contribution in [0, 0.1) is 67.8 Å². The number of carbonyl (C=O) groups excluding carboxylic acids is 6. The third-order valence-corrected chi connectivity index (χ3v) is 25.1. The highest BCUT2D eigenvalue weighted by atomic mass is 16.1. The lowest BCUT2D eigenvalue weighted by atomic mass is 10.0. The highest BCUT2D eigenvalue weighted by molar-refractivity contribution is 6.12. The number of likely N-dealkylation sites (tertiary alicyclic amines) is 4. The average molecular weight is 1700 g/mol. The Hall–Kier alpha value is -12.8. The van der Waals surface area contributed by atoms with Crippen LogP contribution in [-0.4, -0.2) is 171 Å². The van der Waals surface area contributed by atoms with E-state index >= 15 is 0 Å². The van der Waals surface area contributed by atoms with Crippen LogP contribution in [0.2, 0.25) is 0 Å². The van der Waals surface area contributed by atoms with Gasteiger partial charge in [-0.1, -0.05) is 101 Å². The molecule has 22 heteroatoms. The number of piperidine rings is 4. The van der Waals surface area contributed by atoms with Crippen molar-refractivity contribution in [2.45, 2.75) is 197 Å². The van der Waals surface area contributed by atoms with Gasteiger partial charge in [-0.05, 0) is 272 Å². The van der Waals surface area contributed by atoms with E-state index in [2.05, 4.69) is 102 Å². The number of hydrogen-bond acceptors (Lipinski definition) is 14.